The molecule has 18 heavy (non-hydrogen) atoms. The fourth-order valence-corrected chi connectivity index (χ4v) is 3.63. The van der Waals surface area contributed by atoms with Crippen LogP contribution in [-0.2, 0) is 0 Å². The van der Waals surface area contributed by atoms with Crippen molar-refractivity contribution >= 4 is 33.4 Å². The summed E-state index contributed by atoms with van der Waals surface area (Å²) in [5.41, 5.74) is 1.71. The Kier molecular flexibility index (Phi) is 4.33. The van der Waals surface area contributed by atoms with E-state index in [-0.39, 0.29) is 11.9 Å². The third-order valence-electron chi connectivity index (χ3n) is 3.73. The fraction of sp³-hybridized carbons (Fsp3) is 0.500. The summed E-state index contributed by atoms with van der Waals surface area (Å²) in [6.07, 6.45) is 1.07. The minimum Gasteiger partial charge on any atom is -0.335 e. The number of carbonyl (C=O) groups is 1. The second-order valence-electron chi connectivity index (χ2n) is 4.95. The van der Waals surface area contributed by atoms with Crippen LogP contribution in [0.4, 0.5) is 0 Å². The Morgan fingerprint density at radius 2 is 2.28 bits per heavy atom. The molecule has 2 rings (SSSR count). The minimum absolute atomic E-state index is 0.101. The molecule has 1 aliphatic heterocycles. The third-order valence-corrected chi connectivity index (χ3v) is 4.63. The van der Waals surface area contributed by atoms with Crippen molar-refractivity contribution in [3.63, 3.8) is 0 Å². The molecule has 0 aromatic heterocycles. The summed E-state index contributed by atoms with van der Waals surface area (Å²) < 4.78 is 0. The number of rotatable bonds is 2. The maximum absolute atomic E-state index is 12.6. The summed E-state index contributed by atoms with van der Waals surface area (Å²) in [5.74, 6) is 0.650. The lowest BCUT2D eigenvalue weighted by atomic mass is 10.0. The predicted molar refractivity (Wildman–Crippen MR) is 78.6 cm³/mol. The first kappa shape index (κ1) is 13.9. The maximum Gasteiger partial charge on any atom is 0.254 e. The van der Waals surface area contributed by atoms with E-state index >= 15 is 0 Å². The quantitative estimate of drug-likeness (QED) is 0.753. The van der Waals surface area contributed by atoms with Gasteiger partial charge in [-0.1, -0.05) is 40.5 Å². The van der Waals surface area contributed by atoms with Gasteiger partial charge in [-0.3, -0.25) is 4.79 Å². The zero-order valence-electron chi connectivity index (χ0n) is 10.6. The van der Waals surface area contributed by atoms with E-state index in [0.717, 1.165) is 29.4 Å². The van der Waals surface area contributed by atoms with Gasteiger partial charge in [0.15, 0.2) is 0 Å². The van der Waals surface area contributed by atoms with Gasteiger partial charge < -0.3 is 4.90 Å². The van der Waals surface area contributed by atoms with Crippen LogP contribution in [0, 0.1) is 12.8 Å². The van der Waals surface area contributed by atoms with Crippen molar-refractivity contribution in [2.45, 2.75) is 26.3 Å². The number of hydrogen-bond acceptors (Lipinski definition) is 1. The van der Waals surface area contributed by atoms with E-state index in [1.54, 1.807) is 6.07 Å². The number of alkyl halides is 1. The van der Waals surface area contributed by atoms with Crippen LogP contribution in [0.15, 0.2) is 18.2 Å². The molecule has 1 fully saturated rings. The molecule has 1 aromatic rings. The van der Waals surface area contributed by atoms with Crippen LogP contribution in [0.2, 0.25) is 5.02 Å². The van der Waals surface area contributed by atoms with Gasteiger partial charge in [0.1, 0.15) is 0 Å². The van der Waals surface area contributed by atoms with Crippen LogP contribution < -0.4 is 0 Å². The molecule has 0 N–H and O–H groups in total. The van der Waals surface area contributed by atoms with E-state index in [0.29, 0.717) is 10.9 Å². The molecule has 1 saturated heterocycles. The average molecular weight is 331 g/mol. The van der Waals surface area contributed by atoms with Gasteiger partial charge in [0, 0.05) is 28.5 Å². The topological polar surface area (TPSA) is 20.3 Å². The second kappa shape index (κ2) is 5.62. The van der Waals surface area contributed by atoms with Gasteiger partial charge in [0.05, 0.1) is 0 Å². The number of benzene rings is 1. The van der Waals surface area contributed by atoms with Crippen molar-refractivity contribution in [1.29, 1.82) is 0 Å². The lowest BCUT2D eigenvalue weighted by molar-refractivity contribution is 0.0738. The number of carbonyl (C=O) groups excluding carboxylic acids is 1. The summed E-state index contributed by atoms with van der Waals surface area (Å²) in [6, 6.07) is 5.78. The van der Waals surface area contributed by atoms with Crippen molar-refractivity contribution in [2.75, 3.05) is 11.9 Å². The lowest BCUT2D eigenvalue weighted by Gasteiger charge is -2.26. The molecule has 0 spiro atoms. The highest BCUT2D eigenvalue weighted by atomic mass is 79.9. The number of aryl methyl sites for hydroxylation is 1. The molecule has 1 amide bonds. The summed E-state index contributed by atoms with van der Waals surface area (Å²) in [5, 5.41) is 1.45. The van der Waals surface area contributed by atoms with Gasteiger partial charge in [0.2, 0.25) is 0 Å². The second-order valence-corrected chi connectivity index (χ2v) is 6.03. The SMILES string of the molecule is Cc1ccc(Cl)cc1C(=O)N1CCC(C)C1CBr. The Morgan fingerprint density at radius 1 is 1.56 bits per heavy atom. The summed E-state index contributed by atoms with van der Waals surface area (Å²) in [7, 11) is 0. The molecule has 0 radical (unpaired) electrons. The Hall–Kier alpha value is -0.540. The third kappa shape index (κ3) is 2.57. The smallest absolute Gasteiger partial charge is 0.254 e. The van der Waals surface area contributed by atoms with Crippen LogP contribution in [0.1, 0.15) is 29.3 Å². The van der Waals surface area contributed by atoms with Gasteiger partial charge in [-0.25, -0.2) is 0 Å². The monoisotopic (exact) mass is 329 g/mol. The highest BCUT2D eigenvalue weighted by molar-refractivity contribution is 9.09. The van der Waals surface area contributed by atoms with E-state index in [4.69, 9.17) is 11.6 Å². The number of hydrogen-bond donors (Lipinski definition) is 0. The zero-order valence-corrected chi connectivity index (χ0v) is 13.0. The highest BCUT2D eigenvalue weighted by Crippen LogP contribution is 2.28. The van der Waals surface area contributed by atoms with Crippen molar-refractivity contribution in [3.8, 4) is 0 Å². The molecule has 4 heteroatoms. The Balaban J connectivity index is 2.28. The molecule has 98 valence electrons. The molecule has 1 aliphatic rings. The Labute approximate surface area is 121 Å². The normalized spacial score (nSPS) is 23.4. The number of amides is 1. The van der Waals surface area contributed by atoms with E-state index in [1.807, 2.05) is 24.0 Å². The molecule has 1 heterocycles. The van der Waals surface area contributed by atoms with Crippen molar-refractivity contribution in [1.82, 2.24) is 4.90 Å². The average Bonchev–Trinajstić information content (AvgIpc) is 2.72. The van der Waals surface area contributed by atoms with Gasteiger partial charge in [-0.15, -0.1) is 0 Å². The maximum atomic E-state index is 12.6. The van der Waals surface area contributed by atoms with Gasteiger partial charge in [0.25, 0.3) is 5.91 Å². The number of nitrogens with zero attached hydrogens (tertiary/aromatic N) is 1. The van der Waals surface area contributed by atoms with E-state index in [9.17, 15) is 4.79 Å². The van der Waals surface area contributed by atoms with Crippen molar-refractivity contribution in [3.05, 3.63) is 34.3 Å². The predicted octanol–water partition coefficient (Wildman–Crippen LogP) is 3.89. The van der Waals surface area contributed by atoms with E-state index in [1.165, 1.54) is 0 Å². The molecule has 2 nitrogen and oxygen atoms in total. The van der Waals surface area contributed by atoms with Crippen LogP contribution >= 0.6 is 27.5 Å². The molecule has 0 bridgehead atoms. The zero-order chi connectivity index (χ0) is 13.3. The van der Waals surface area contributed by atoms with Crippen molar-refractivity contribution in [2.24, 2.45) is 5.92 Å². The summed E-state index contributed by atoms with van der Waals surface area (Å²) >= 11 is 9.50. The molecular formula is C14H17BrClNO. The molecule has 2 atom stereocenters. The standard InChI is InChI=1S/C14H17BrClNO/c1-9-3-4-11(16)7-12(9)14(18)17-6-5-10(2)13(17)8-15/h3-4,7,10,13H,5-6,8H2,1-2H3. The minimum atomic E-state index is 0.101. The summed E-state index contributed by atoms with van der Waals surface area (Å²) in [6.45, 7) is 4.98. The largest absolute Gasteiger partial charge is 0.335 e. The van der Waals surface area contributed by atoms with Crippen LogP contribution in [0.25, 0.3) is 0 Å². The van der Waals surface area contributed by atoms with Crippen LogP contribution in [0.3, 0.4) is 0 Å². The van der Waals surface area contributed by atoms with Gasteiger partial charge >= 0.3 is 0 Å². The number of halogens is 2. The van der Waals surface area contributed by atoms with Crippen LogP contribution in [0.5, 0.6) is 0 Å². The summed E-state index contributed by atoms with van der Waals surface area (Å²) in [4.78, 5) is 14.6. The Bertz CT molecular complexity index is 463. The molecule has 0 saturated carbocycles. The molecule has 0 aliphatic carbocycles. The Morgan fingerprint density at radius 3 is 2.94 bits per heavy atom. The van der Waals surface area contributed by atoms with E-state index < -0.39 is 0 Å². The van der Waals surface area contributed by atoms with E-state index in [2.05, 4.69) is 22.9 Å². The first-order valence-electron chi connectivity index (χ1n) is 6.17. The van der Waals surface area contributed by atoms with Crippen LogP contribution in [-0.4, -0.2) is 28.7 Å². The molecular weight excluding hydrogens is 314 g/mol. The lowest BCUT2D eigenvalue weighted by Crippen LogP contribution is -2.38. The molecule has 1 aromatic carbocycles. The first-order valence-corrected chi connectivity index (χ1v) is 7.67. The number of likely N-dealkylation sites (tertiary alicyclic amines) is 1. The first-order chi connectivity index (χ1) is 8.54. The van der Waals surface area contributed by atoms with Gasteiger partial charge in [-0.05, 0) is 37.0 Å². The molecule has 2 unspecified atom stereocenters. The van der Waals surface area contributed by atoms with Gasteiger partial charge in [-0.2, -0.15) is 0 Å². The fourth-order valence-electron chi connectivity index (χ4n) is 2.47. The van der Waals surface area contributed by atoms with Crippen molar-refractivity contribution < 1.29 is 4.79 Å². The highest BCUT2D eigenvalue weighted by Gasteiger charge is 2.34.